The lowest BCUT2D eigenvalue weighted by Gasteiger charge is -2.35. The molecular formula is C19H33N5O2. The Bertz CT molecular complexity index is 569. The van der Waals surface area contributed by atoms with Gasteiger partial charge in [-0.15, -0.1) is 0 Å². The molecule has 2 rings (SSSR count). The van der Waals surface area contributed by atoms with Gasteiger partial charge in [-0.25, -0.2) is 0 Å². The molecule has 1 atom stereocenters. The highest BCUT2D eigenvalue weighted by Gasteiger charge is 2.27. The van der Waals surface area contributed by atoms with Crippen LogP contribution in [-0.2, 0) is 16.1 Å². The number of rotatable bonds is 9. The van der Waals surface area contributed by atoms with Crippen molar-refractivity contribution in [3.63, 3.8) is 0 Å². The molecule has 0 aromatic carbocycles. The summed E-state index contributed by atoms with van der Waals surface area (Å²) in [5, 5.41) is 9.70. The highest BCUT2D eigenvalue weighted by Crippen LogP contribution is 2.26. The molecule has 1 amide bonds. The van der Waals surface area contributed by atoms with Crippen LogP contribution >= 0.6 is 0 Å². The summed E-state index contributed by atoms with van der Waals surface area (Å²) < 4.78 is 5.93. The number of hydrogen-bond acceptors (Lipinski definition) is 6. The first-order valence-corrected chi connectivity index (χ1v) is 9.38. The Labute approximate surface area is 156 Å². The summed E-state index contributed by atoms with van der Waals surface area (Å²) >= 11 is 0. The monoisotopic (exact) mass is 363 g/mol. The summed E-state index contributed by atoms with van der Waals surface area (Å²) in [6, 6.07) is 4.01. The number of ether oxygens (including phenoxy) is 1. The van der Waals surface area contributed by atoms with Gasteiger partial charge in [0, 0.05) is 44.3 Å². The fourth-order valence-electron chi connectivity index (χ4n) is 2.87. The quantitative estimate of drug-likeness (QED) is 0.605. The zero-order valence-corrected chi connectivity index (χ0v) is 16.5. The molecule has 1 aliphatic rings. The summed E-state index contributed by atoms with van der Waals surface area (Å²) in [5.74, 6) is 0.110. The molecule has 0 radical (unpaired) electrons. The molecule has 2 heterocycles. The average molecular weight is 364 g/mol. The van der Waals surface area contributed by atoms with Crippen molar-refractivity contribution in [3.8, 4) is 0 Å². The van der Waals surface area contributed by atoms with Crippen LogP contribution in [0.4, 0.5) is 0 Å². The molecule has 0 saturated carbocycles. The third-order valence-corrected chi connectivity index (χ3v) is 4.50. The van der Waals surface area contributed by atoms with Crippen molar-refractivity contribution in [1.29, 1.82) is 0 Å². The fourth-order valence-corrected chi connectivity index (χ4v) is 2.87. The molecule has 1 aromatic heterocycles. The molecule has 3 N–H and O–H groups in total. The van der Waals surface area contributed by atoms with Crippen LogP contribution in [0.3, 0.4) is 0 Å². The lowest BCUT2D eigenvalue weighted by molar-refractivity contribution is -0.130. The van der Waals surface area contributed by atoms with Crippen LogP contribution in [0, 0.1) is 5.41 Å². The Morgan fingerprint density at radius 1 is 1.50 bits per heavy atom. The molecule has 0 bridgehead atoms. The summed E-state index contributed by atoms with van der Waals surface area (Å²) in [4.78, 5) is 18.5. The SMILES string of the molecule is CCN(CCNC)C(=O)CNCc1cc(C2NCC(C)(C)CO2)ccn1. The lowest BCUT2D eigenvalue weighted by Crippen LogP contribution is -2.43. The highest BCUT2D eigenvalue weighted by atomic mass is 16.5. The summed E-state index contributed by atoms with van der Waals surface area (Å²) in [7, 11) is 1.89. The van der Waals surface area contributed by atoms with Crippen LogP contribution in [0.1, 0.15) is 38.3 Å². The first-order valence-electron chi connectivity index (χ1n) is 9.38. The molecule has 1 aromatic rings. The maximum absolute atomic E-state index is 12.2. The highest BCUT2D eigenvalue weighted by molar-refractivity contribution is 5.78. The van der Waals surface area contributed by atoms with Crippen molar-refractivity contribution in [2.45, 2.75) is 33.5 Å². The Balaban J connectivity index is 1.82. The van der Waals surface area contributed by atoms with Crippen LogP contribution in [0.2, 0.25) is 0 Å². The van der Waals surface area contributed by atoms with Gasteiger partial charge in [0.1, 0.15) is 6.23 Å². The number of hydrogen-bond donors (Lipinski definition) is 3. The maximum atomic E-state index is 12.2. The number of likely N-dealkylation sites (N-methyl/N-ethyl adjacent to an activating group) is 2. The molecule has 0 aliphatic carbocycles. The Kier molecular flexibility index (Phi) is 7.96. The normalized spacial score (nSPS) is 19.3. The largest absolute Gasteiger partial charge is 0.358 e. The number of amides is 1. The second-order valence-corrected chi connectivity index (χ2v) is 7.50. The number of pyridine rings is 1. The van der Waals surface area contributed by atoms with Gasteiger partial charge in [0.15, 0.2) is 0 Å². The van der Waals surface area contributed by atoms with Gasteiger partial charge in [-0.3, -0.25) is 15.1 Å². The molecule has 7 nitrogen and oxygen atoms in total. The van der Waals surface area contributed by atoms with Gasteiger partial charge in [0.2, 0.25) is 5.91 Å². The van der Waals surface area contributed by atoms with E-state index in [1.165, 1.54) is 0 Å². The minimum absolute atomic E-state index is 0.0940. The van der Waals surface area contributed by atoms with Crippen LogP contribution in [0.25, 0.3) is 0 Å². The third kappa shape index (κ3) is 6.32. The molecule has 1 unspecified atom stereocenters. The van der Waals surface area contributed by atoms with Gasteiger partial charge in [0.25, 0.3) is 0 Å². The smallest absolute Gasteiger partial charge is 0.236 e. The van der Waals surface area contributed by atoms with E-state index in [1.54, 1.807) is 6.20 Å². The molecular weight excluding hydrogens is 330 g/mol. The van der Waals surface area contributed by atoms with Crippen molar-refractivity contribution < 1.29 is 9.53 Å². The molecule has 7 heteroatoms. The van der Waals surface area contributed by atoms with Crippen molar-refractivity contribution >= 4 is 5.91 Å². The van der Waals surface area contributed by atoms with Crippen molar-refractivity contribution in [1.82, 2.24) is 25.8 Å². The third-order valence-electron chi connectivity index (χ3n) is 4.50. The van der Waals surface area contributed by atoms with Crippen molar-refractivity contribution in [2.75, 3.05) is 46.4 Å². The number of aromatic nitrogens is 1. The van der Waals surface area contributed by atoms with Gasteiger partial charge < -0.3 is 20.3 Å². The second kappa shape index (κ2) is 9.97. The molecule has 1 aliphatic heterocycles. The van der Waals surface area contributed by atoms with E-state index in [9.17, 15) is 4.79 Å². The molecule has 26 heavy (non-hydrogen) atoms. The minimum Gasteiger partial charge on any atom is -0.358 e. The predicted octanol–water partition coefficient (Wildman–Crippen LogP) is 0.884. The van der Waals surface area contributed by atoms with E-state index in [1.807, 2.05) is 31.0 Å². The summed E-state index contributed by atoms with van der Waals surface area (Å²) in [6.07, 6.45) is 1.70. The fraction of sp³-hybridized carbons (Fsp3) is 0.684. The lowest BCUT2D eigenvalue weighted by atomic mass is 9.93. The average Bonchev–Trinajstić information content (AvgIpc) is 2.62. The van der Waals surface area contributed by atoms with Crippen LogP contribution in [0.5, 0.6) is 0 Å². The zero-order valence-electron chi connectivity index (χ0n) is 16.5. The number of carbonyl (C=O) groups excluding carboxylic acids is 1. The maximum Gasteiger partial charge on any atom is 0.236 e. The number of nitrogens with one attached hydrogen (secondary N) is 3. The van der Waals surface area contributed by atoms with E-state index in [4.69, 9.17) is 4.74 Å². The Morgan fingerprint density at radius 2 is 2.31 bits per heavy atom. The Hall–Kier alpha value is -1.54. The van der Waals surface area contributed by atoms with E-state index in [0.29, 0.717) is 13.1 Å². The Morgan fingerprint density at radius 3 is 2.96 bits per heavy atom. The molecule has 146 valence electrons. The van der Waals surface area contributed by atoms with Gasteiger partial charge in [0.05, 0.1) is 18.8 Å². The molecule has 1 saturated heterocycles. The minimum atomic E-state index is -0.0940. The number of carbonyl (C=O) groups is 1. The van der Waals surface area contributed by atoms with E-state index < -0.39 is 0 Å². The van der Waals surface area contributed by atoms with Crippen LogP contribution in [-0.4, -0.2) is 62.2 Å². The summed E-state index contributed by atoms with van der Waals surface area (Å²) in [5.41, 5.74) is 2.14. The number of nitrogens with zero attached hydrogens (tertiary/aromatic N) is 2. The van der Waals surface area contributed by atoms with Gasteiger partial charge in [-0.1, -0.05) is 13.8 Å². The van der Waals surface area contributed by atoms with Gasteiger partial charge in [-0.05, 0) is 31.7 Å². The van der Waals surface area contributed by atoms with E-state index in [0.717, 1.165) is 44.0 Å². The van der Waals surface area contributed by atoms with E-state index in [2.05, 4.69) is 34.8 Å². The van der Waals surface area contributed by atoms with Gasteiger partial charge >= 0.3 is 0 Å². The van der Waals surface area contributed by atoms with Gasteiger partial charge in [-0.2, -0.15) is 0 Å². The molecule has 0 spiro atoms. The second-order valence-electron chi connectivity index (χ2n) is 7.50. The topological polar surface area (TPSA) is 78.5 Å². The van der Waals surface area contributed by atoms with E-state index in [-0.39, 0.29) is 17.6 Å². The van der Waals surface area contributed by atoms with Crippen LogP contribution in [0.15, 0.2) is 18.3 Å². The zero-order chi connectivity index (χ0) is 19.0. The van der Waals surface area contributed by atoms with E-state index >= 15 is 0 Å². The predicted molar refractivity (Wildman–Crippen MR) is 103 cm³/mol. The molecule has 1 fully saturated rings. The van der Waals surface area contributed by atoms with Crippen molar-refractivity contribution in [3.05, 3.63) is 29.6 Å². The van der Waals surface area contributed by atoms with Crippen molar-refractivity contribution in [2.24, 2.45) is 5.41 Å². The summed E-state index contributed by atoms with van der Waals surface area (Å²) in [6.45, 7) is 11.1. The first kappa shape index (κ1) is 20.8. The van der Waals surface area contributed by atoms with Crippen LogP contribution < -0.4 is 16.0 Å². The standard InChI is InChI=1S/C19H33N5O2/c1-5-24(9-8-20-4)17(25)12-21-11-16-10-15(6-7-22-16)18-23-13-19(2,3)14-26-18/h6-7,10,18,20-21,23H,5,8-9,11-14H2,1-4H3. The first-order chi connectivity index (χ1) is 12.4.